The second-order valence-corrected chi connectivity index (χ2v) is 10.4. The Labute approximate surface area is 210 Å². The lowest BCUT2D eigenvalue weighted by Crippen LogP contribution is -2.12. The third-order valence-electron chi connectivity index (χ3n) is 6.22. The molecule has 1 N–H and O–H groups in total. The lowest BCUT2D eigenvalue weighted by Gasteiger charge is -2.18. The van der Waals surface area contributed by atoms with Gasteiger partial charge in [0.15, 0.2) is 0 Å². The average molecular weight is 531 g/mol. The number of carboxylic acid groups (broad SMARTS) is 1. The Morgan fingerprint density at radius 2 is 1.59 bits per heavy atom. The smallest absolute Gasteiger partial charge is 0.307 e. The lowest BCUT2D eigenvalue weighted by molar-refractivity contribution is -0.138. The van der Waals surface area contributed by atoms with Crippen molar-refractivity contribution in [2.45, 2.75) is 26.4 Å². The van der Waals surface area contributed by atoms with Crippen LogP contribution in [0.15, 0.2) is 83.3 Å². The van der Waals surface area contributed by atoms with Gasteiger partial charge in [-0.3, -0.25) is 4.79 Å². The predicted octanol–water partition coefficient (Wildman–Crippen LogP) is 8.70. The zero-order valence-electron chi connectivity index (χ0n) is 18.8. The number of carbonyl (C=O) groups is 1. The van der Waals surface area contributed by atoms with E-state index < -0.39 is 12.1 Å². The summed E-state index contributed by atoms with van der Waals surface area (Å²) >= 11 is 5.68. The van der Waals surface area contributed by atoms with Gasteiger partial charge < -0.3 is 9.84 Å². The third-order valence-corrected chi connectivity index (χ3v) is 8.53. The first kappa shape index (κ1) is 22.6. The van der Waals surface area contributed by atoms with E-state index in [0.717, 1.165) is 15.6 Å². The van der Waals surface area contributed by atoms with Crippen LogP contribution >= 0.6 is 27.3 Å². The summed E-state index contributed by atoms with van der Waals surface area (Å²) in [5.74, 6) is -0.243. The van der Waals surface area contributed by atoms with Gasteiger partial charge in [-0.15, -0.1) is 11.3 Å². The summed E-state index contributed by atoms with van der Waals surface area (Å²) in [6.07, 6.45) is -0.650. The molecule has 0 aliphatic rings. The van der Waals surface area contributed by atoms with Crippen LogP contribution in [-0.4, -0.2) is 11.1 Å². The molecule has 5 aromatic rings. The Kier molecular flexibility index (Phi) is 6.15. The molecule has 5 heteroatoms. The number of hydrogen-bond acceptors (Lipinski definition) is 3. The Bertz CT molecular complexity index is 1500. The molecule has 0 aliphatic heterocycles. The maximum Gasteiger partial charge on any atom is 0.307 e. The highest BCUT2D eigenvalue weighted by molar-refractivity contribution is 9.11. The number of hydrogen-bond donors (Lipinski definition) is 1. The minimum Gasteiger partial charge on any atom is -0.485 e. The van der Waals surface area contributed by atoms with Crippen molar-refractivity contribution in [3.05, 3.63) is 99.3 Å². The maximum atomic E-state index is 11.4. The molecule has 1 unspecified atom stereocenters. The van der Waals surface area contributed by atoms with Gasteiger partial charge in [0.1, 0.15) is 11.9 Å². The highest BCUT2D eigenvalue weighted by Crippen LogP contribution is 2.47. The summed E-state index contributed by atoms with van der Waals surface area (Å²) < 4.78 is 8.54. The van der Waals surface area contributed by atoms with E-state index in [1.54, 1.807) is 0 Å². The summed E-state index contributed by atoms with van der Waals surface area (Å²) in [7, 11) is 0. The highest BCUT2D eigenvalue weighted by atomic mass is 79.9. The van der Waals surface area contributed by atoms with Crippen molar-refractivity contribution < 1.29 is 14.6 Å². The fraction of sp³-hybridized carbons (Fsp3) is 0.138. The number of fused-ring (bicyclic) bond motifs is 2. The fourth-order valence-electron chi connectivity index (χ4n) is 4.45. The molecule has 0 fully saturated rings. The van der Waals surface area contributed by atoms with E-state index in [4.69, 9.17) is 4.74 Å². The Balaban J connectivity index is 1.59. The fourth-order valence-corrected chi connectivity index (χ4v) is 6.36. The molecule has 0 amide bonds. The summed E-state index contributed by atoms with van der Waals surface area (Å²) in [5, 5.41) is 13.0. The van der Waals surface area contributed by atoms with Crippen molar-refractivity contribution in [3.63, 3.8) is 0 Å². The molecule has 0 spiro atoms. The van der Waals surface area contributed by atoms with E-state index >= 15 is 0 Å². The molecule has 0 saturated heterocycles. The largest absolute Gasteiger partial charge is 0.485 e. The second-order valence-electron chi connectivity index (χ2n) is 8.36. The third kappa shape index (κ3) is 4.10. The van der Waals surface area contributed by atoms with Crippen molar-refractivity contribution in [1.82, 2.24) is 0 Å². The van der Waals surface area contributed by atoms with Gasteiger partial charge >= 0.3 is 5.97 Å². The van der Waals surface area contributed by atoms with Crippen molar-refractivity contribution in [1.29, 1.82) is 0 Å². The predicted molar refractivity (Wildman–Crippen MR) is 144 cm³/mol. The SMILES string of the molecule is Cc1sc2c(Br)c3ccccc3c(-c3ccc(OC(CC(=O)O)c4ccccc4)cc3)c2c1C. The molecule has 4 aromatic carbocycles. The van der Waals surface area contributed by atoms with E-state index in [9.17, 15) is 9.90 Å². The molecule has 1 atom stereocenters. The average Bonchev–Trinajstić information content (AvgIpc) is 3.14. The minimum atomic E-state index is -0.891. The molecule has 0 saturated carbocycles. The molecule has 3 nitrogen and oxygen atoms in total. The molecule has 170 valence electrons. The van der Waals surface area contributed by atoms with Crippen LogP contribution in [-0.2, 0) is 4.79 Å². The van der Waals surface area contributed by atoms with Gasteiger partial charge in [-0.05, 0) is 74.9 Å². The monoisotopic (exact) mass is 530 g/mol. The van der Waals surface area contributed by atoms with Gasteiger partial charge in [-0.1, -0.05) is 66.7 Å². The first-order valence-electron chi connectivity index (χ1n) is 11.1. The van der Waals surface area contributed by atoms with Crippen LogP contribution < -0.4 is 4.74 Å². The van der Waals surface area contributed by atoms with Crippen LogP contribution in [0.4, 0.5) is 0 Å². The van der Waals surface area contributed by atoms with Crippen LogP contribution in [0.1, 0.15) is 28.5 Å². The number of rotatable bonds is 6. The van der Waals surface area contributed by atoms with Crippen LogP contribution in [0.5, 0.6) is 5.75 Å². The Morgan fingerprint density at radius 3 is 2.26 bits per heavy atom. The minimum absolute atomic E-state index is 0.100. The lowest BCUT2D eigenvalue weighted by atomic mass is 9.93. The number of halogens is 1. The van der Waals surface area contributed by atoms with E-state index in [1.807, 2.05) is 53.8 Å². The van der Waals surface area contributed by atoms with E-state index in [0.29, 0.717) is 5.75 Å². The molecule has 34 heavy (non-hydrogen) atoms. The Morgan fingerprint density at radius 1 is 0.941 bits per heavy atom. The molecule has 1 aromatic heterocycles. The topological polar surface area (TPSA) is 46.5 Å². The summed E-state index contributed by atoms with van der Waals surface area (Å²) in [4.78, 5) is 12.8. The van der Waals surface area contributed by atoms with Crippen LogP contribution in [0, 0.1) is 13.8 Å². The summed E-state index contributed by atoms with van der Waals surface area (Å²) in [5.41, 5.74) is 4.47. The first-order valence-corrected chi connectivity index (χ1v) is 12.7. The Hall–Kier alpha value is -3.15. The number of carboxylic acids is 1. The normalized spacial score (nSPS) is 12.2. The van der Waals surface area contributed by atoms with Gasteiger partial charge in [-0.25, -0.2) is 0 Å². The quantitative estimate of drug-likeness (QED) is 0.238. The standard InChI is InChI=1S/C29H23BrO3S/c1-17-18(2)34-29-26(17)27(22-10-6-7-11-23(22)28(29)30)20-12-14-21(15-13-20)33-24(16-25(31)32)19-8-4-3-5-9-19/h3-15,24H,16H2,1-2H3,(H,31,32). The molecule has 0 aliphatic carbocycles. The van der Waals surface area contributed by atoms with Gasteiger partial charge in [0.05, 0.1) is 11.1 Å². The molecular formula is C29H23BrO3S. The molecule has 1 heterocycles. The van der Waals surface area contributed by atoms with Crippen LogP contribution in [0.3, 0.4) is 0 Å². The molecular weight excluding hydrogens is 508 g/mol. The molecule has 0 radical (unpaired) electrons. The summed E-state index contributed by atoms with van der Waals surface area (Å²) in [6, 6.07) is 26.0. The number of aryl methyl sites for hydroxylation is 2. The van der Waals surface area contributed by atoms with Gasteiger partial charge in [0.2, 0.25) is 0 Å². The highest BCUT2D eigenvalue weighted by Gasteiger charge is 2.20. The zero-order chi connectivity index (χ0) is 23.8. The number of ether oxygens (including phenoxy) is 1. The van der Waals surface area contributed by atoms with Gasteiger partial charge in [-0.2, -0.15) is 0 Å². The van der Waals surface area contributed by atoms with E-state index in [-0.39, 0.29) is 6.42 Å². The van der Waals surface area contributed by atoms with Crippen LogP contribution in [0.25, 0.3) is 32.0 Å². The van der Waals surface area contributed by atoms with Crippen molar-refractivity contribution >= 4 is 54.1 Å². The summed E-state index contributed by atoms with van der Waals surface area (Å²) in [6.45, 7) is 4.36. The number of benzene rings is 4. The molecule has 0 bridgehead atoms. The van der Waals surface area contributed by atoms with Gasteiger partial charge in [0.25, 0.3) is 0 Å². The first-order chi connectivity index (χ1) is 16.4. The van der Waals surface area contributed by atoms with Gasteiger partial charge in [0, 0.05) is 14.7 Å². The van der Waals surface area contributed by atoms with Crippen LogP contribution in [0.2, 0.25) is 0 Å². The zero-order valence-corrected chi connectivity index (χ0v) is 21.2. The second kappa shape index (κ2) is 9.24. The van der Waals surface area contributed by atoms with Crippen molar-refractivity contribution in [3.8, 4) is 16.9 Å². The maximum absolute atomic E-state index is 11.4. The van der Waals surface area contributed by atoms with Crippen molar-refractivity contribution in [2.75, 3.05) is 0 Å². The number of thiophene rings is 1. The van der Waals surface area contributed by atoms with E-state index in [2.05, 4.69) is 66.2 Å². The van der Waals surface area contributed by atoms with E-state index in [1.165, 1.54) is 36.9 Å². The number of aliphatic carboxylic acids is 1. The molecule has 5 rings (SSSR count). The van der Waals surface area contributed by atoms with Crippen molar-refractivity contribution in [2.24, 2.45) is 0 Å².